The highest BCUT2D eigenvalue weighted by molar-refractivity contribution is 4.98. The zero-order valence-electron chi connectivity index (χ0n) is 17.2. The van der Waals surface area contributed by atoms with Gasteiger partial charge in [-0.2, -0.15) is 0 Å². The minimum Gasteiger partial charge on any atom is -0.0683 e. The summed E-state index contributed by atoms with van der Waals surface area (Å²) in [5, 5.41) is 0. The van der Waals surface area contributed by atoms with Crippen LogP contribution in [-0.4, -0.2) is 0 Å². The normalized spacial score (nSPS) is 40.4. The van der Waals surface area contributed by atoms with Gasteiger partial charge in [-0.1, -0.05) is 73.6 Å². The number of fused-ring (bicyclic) bond motifs is 5. The SMILES string of the molecule is C1CCC2C(C1)CCC1C3CCCC3CCC21.CC.CC.CC. The largest absolute Gasteiger partial charge is 0.0683 e. The molecule has 4 fully saturated rings. The summed E-state index contributed by atoms with van der Waals surface area (Å²) < 4.78 is 0. The minimum atomic E-state index is 1.16. The molecular formula is C23H46. The highest BCUT2D eigenvalue weighted by Gasteiger charge is 2.48. The van der Waals surface area contributed by atoms with Gasteiger partial charge in [0.2, 0.25) is 0 Å². The maximum absolute atomic E-state index is 2.00. The summed E-state index contributed by atoms with van der Waals surface area (Å²) in [5.74, 6) is 7.02. The monoisotopic (exact) mass is 322 g/mol. The zero-order valence-corrected chi connectivity index (χ0v) is 17.2. The predicted octanol–water partition coefficient (Wildman–Crippen LogP) is 8.11. The van der Waals surface area contributed by atoms with E-state index in [0.717, 1.165) is 11.8 Å². The van der Waals surface area contributed by atoms with E-state index in [-0.39, 0.29) is 0 Å². The molecule has 23 heavy (non-hydrogen) atoms. The molecule has 0 heteroatoms. The fourth-order valence-electron chi connectivity index (χ4n) is 6.45. The van der Waals surface area contributed by atoms with Gasteiger partial charge in [-0.3, -0.25) is 0 Å². The molecule has 4 rings (SSSR count). The molecule has 0 aromatic rings. The van der Waals surface area contributed by atoms with E-state index in [1.165, 1.54) is 23.7 Å². The molecule has 0 aromatic heterocycles. The van der Waals surface area contributed by atoms with Crippen LogP contribution in [0.5, 0.6) is 0 Å². The Morgan fingerprint density at radius 3 is 1.26 bits per heavy atom. The fraction of sp³-hybridized carbons (Fsp3) is 1.00. The van der Waals surface area contributed by atoms with Gasteiger partial charge >= 0.3 is 0 Å². The van der Waals surface area contributed by atoms with E-state index in [1.54, 1.807) is 70.6 Å². The van der Waals surface area contributed by atoms with E-state index >= 15 is 0 Å². The molecule has 0 saturated heterocycles. The lowest BCUT2D eigenvalue weighted by Gasteiger charge is -2.51. The van der Waals surface area contributed by atoms with Crippen molar-refractivity contribution in [1.29, 1.82) is 0 Å². The molecule has 0 N–H and O–H groups in total. The summed E-state index contributed by atoms with van der Waals surface area (Å²) in [4.78, 5) is 0. The van der Waals surface area contributed by atoms with Crippen LogP contribution in [0.15, 0.2) is 0 Å². The van der Waals surface area contributed by atoms with Crippen LogP contribution in [-0.2, 0) is 0 Å². The van der Waals surface area contributed by atoms with Crippen LogP contribution < -0.4 is 0 Å². The van der Waals surface area contributed by atoms with Gasteiger partial charge in [0, 0.05) is 0 Å². The Balaban J connectivity index is 0.000000400. The Kier molecular flexibility index (Phi) is 10.6. The predicted molar refractivity (Wildman–Crippen MR) is 106 cm³/mol. The van der Waals surface area contributed by atoms with Crippen molar-refractivity contribution in [3.63, 3.8) is 0 Å². The van der Waals surface area contributed by atoms with Gasteiger partial charge in [-0.25, -0.2) is 0 Å². The quantitative estimate of drug-likeness (QED) is 0.422. The summed E-state index contributed by atoms with van der Waals surface area (Å²) in [6.07, 6.45) is 17.5. The van der Waals surface area contributed by atoms with Crippen molar-refractivity contribution in [2.75, 3.05) is 0 Å². The Bertz CT molecular complexity index is 282. The molecule has 0 heterocycles. The first-order valence-corrected chi connectivity index (χ1v) is 11.4. The first-order valence-electron chi connectivity index (χ1n) is 11.4. The number of hydrogen-bond acceptors (Lipinski definition) is 0. The molecule has 0 radical (unpaired) electrons. The van der Waals surface area contributed by atoms with Gasteiger partial charge in [0.05, 0.1) is 0 Å². The molecule has 0 bridgehead atoms. The van der Waals surface area contributed by atoms with Crippen molar-refractivity contribution in [2.24, 2.45) is 35.5 Å². The van der Waals surface area contributed by atoms with Gasteiger partial charge < -0.3 is 0 Å². The second-order valence-electron chi connectivity index (χ2n) is 7.55. The van der Waals surface area contributed by atoms with E-state index in [0.29, 0.717) is 0 Å². The van der Waals surface area contributed by atoms with Crippen molar-refractivity contribution < 1.29 is 0 Å². The maximum atomic E-state index is 2.00. The molecule has 6 unspecified atom stereocenters. The summed E-state index contributed by atoms with van der Waals surface area (Å²) in [7, 11) is 0. The summed E-state index contributed by atoms with van der Waals surface area (Å²) in [6.45, 7) is 12.0. The number of rotatable bonds is 0. The Morgan fingerprint density at radius 1 is 0.348 bits per heavy atom. The van der Waals surface area contributed by atoms with Crippen molar-refractivity contribution in [1.82, 2.24) is 0 Å². The van der Waals surface area contributed by atoms with E-state index in [1.807, 2.05) is 41.5 Å². The third-order valence-electron chi connectivity index (χ3n) is 7.08. The first kappa shape index (κ1) is 21.0. The third-order valence-corrected chi connectivity index (χ3v) is 7.08. The average molecular weight is 323 g/mol. The highest BCUT2D eigenvalue weighted by Crippen LogP contribution is 2.57. The first-order chi connectivity index (χ1) is 11.4. The van der Waals surface area contributed by atoms with Crippen LogP contribution in [0, 0.1) is 35.5 Å². The lowest BCUT2D eigenvalue weighted by Crippen LogP contribution is -2.43. The fourth-order valence-corrected chi connectivity index (χ4v) is 6.45. The molecule has 0 aromatic carbocycles. The molecule has 138 valence electrons. The van der Waals surface area contributed by atoms with Gasteiger partial charge in [0.1, 0.15) is 0 Å². The van der Waals surface area contributed by atoms with Crippen molar-refractivity contribution in [3.05, 3.63) is 0 Å². The summed E-state index contributed by atoms with van der Waals surface area (Å²) in [6, 6.07) is 0. The van der Waals surface area contributed by atoms with E-state index < -0.39 is 0 Å². The lowest BCUT2D eigenvalue weighted by atomic mass is 9.54. The average Bonchev–Trinajstić information content (AvgIpc) is 3.15. The minimum absolute atomic E-state index is 1.16. The molecule has 0 nitrogen and oxygen atoms in total. The molecule has 4 saturated carbocycles. The zero-order chi connectivity index (χ0) is 17.2. The Morgan fingerprint density at radius 2 is 0.739 bits per heavy atom. The van der Waals surface area contributed by atoms with Gasteiger partial charge in [-0.05, 0) is 74.0 Å². The van der Waals surface area contributed by atoms with Crippen molar-refractivity contribution in [3.8, 4) is 0 Å². The van der Waals surface area contributed by atoms with E-state index in [4.69, 9.17) is 0 Å². The highest BCUT2D eigenvalue weighted by atomic mass is 14.5. The smallest absolute Gasteiger partial charge is 0.0352 e. The van der Waals surface area contributed by atoms with Gasteiger partial charge in [0.25, 0.3) is 0 Å². The van der Waals surface area contributed by atoms with Gasteiger partial charge in [0.15, 0.2) is 0 Å². The van der Waals surface area contributed by atoms with Crippen LogP contribution in [0.25, 0.3) is 0 Å². The molecule has 0 spiro atoms. The van der Waals surface area contributed by atoms with E-state index in [9.17, 15) is 0 Å². The summed E-state index contributed by atoms with van der Waals surface area (Å²) in [5.41, 5.74) is 0. The van der Waals surface area contributed by atoms with Crippen molar-refractivity contribution in [2.45, 2.75) is 112 Å². The molecule has 0 aliphatic heterocycles. The van der Waals surface area contributed by atoms with Crippen LogP contribution in [0.4, 0.5) is 0 Å². The standard InChI is InChI=1S/C17H28.3C2H6/c1-2-6-14-12(4-1)8-10-17-15-7-3-5-13(15)9-11-16(14)17;3*1-2/h12-17H,1-11H2;3*1-2H3. The topological polar surface area (TPSA) is 0 Å². The second kappa shape index (κ2) is 11.5. The van der Waals surface area contributed by atoms with Crippen LogP contribution in [0.1, 0.15) is 112 Å². The van der Waals surface area contributed by atoms with E-state index in [2.05, 4.69) is 0 Å². The van der Waals surface area contributed by atoms with Crippen LogP contribution >= 0.6 is 0 Å². The number of hydrogen-bond donors (Lipinski definition) is 0. The summed E-state index contributed by atoms with van der Waals surface area (Å²) >= 11 is 0. The Hall–Kier alpha value is 0. The molecule has 4 aliphatic carbocycles. The van der Waals surface area contributed by atoms with Crippen molar-refractivity contribution >= 4 is 0 Å². The lowest BCUT2D eigenvalue weighted by molar-refractivity contribution is -0.0184. The van der Waals surface area contributed by atoms with Crippen LogP contribution in [0.3, 0.4) is 0 Å². The second-order valence-corrected chi connectivity index (χ2v) is 7.55. The molecule has 0 amide bonds. The van der Waals surface area contributed by atoms with Gasteiger partial charge in [-0.15, -0.1) is 0 Å². The van der Waals surface area contributed by atoms with Crippen LogP contribution in [0.2, 0.25) is 0 Å². The Labute approximate surface area is 148 Å². The maximum Gasteiger partial charge on any atom is -0.0352 e. The third kappa shape index (κ3) is 4.76. The molecular weight excluding hydrogens is 276 g/mol. The molecule has 6 atom stereocenters. The molecule has 4 aliphatic rings.